The molecule has 0 atom stereocenters. The van der Waals surface area contributed by atoms with Crippen molar-refractivity contribution in [2.45, 2.75) is 13.0 Å². The summed E-state index contributed by atoms with van der Waals surface area (Å²) in [5.74, 6) is -2.78. The molecule has 9 heteroatoms. The number of carbonyl (C=O) groups excluding carboxylic acids is 1. The van der Waals surface area contributed by atoms with E-state index < -0.39 is 17.6 Å². The number of nitrogens with zero attached hydrogens (tertiary/aromatic N) is 2. The van der Waals surface area contributed by atoms with Crippen molar-refractivity contribution in [2.75, 3.05) is 5.32 Å². The lowest BCUT2D eigenvalue weighted by molar-refractivity contribution is -0.136. The van der Waals surface area contributed by atoms with Gasteiger partial charge in [-0.25, -0.2) is 8.78 Å². The molecule has 0 bridgehead atoms. The van der Waals surface area contributed by atoms with Crippen LogP contribution in [0.15, 0.2) is 42.7 Å². The maximum Gasteiger partial charge on any atom is 0.307 e. The van der Waals surface area contributed by atoms with Crippen molar-refractivity contribution in [3.05, 3.63) is 65.5 Å². The molecular weight excluding hydrogens is 396 g/mol. The Balaban J connectivity index is 2.08. The molecule has 0 aliphatic carbocycles. The quantitative estimate of drug-likeness (QED) is 0.422. The molecule has 30 heavy (non-hydrogen) atoms. The van der Waals surface area contributed by atoms with Crippen LogP contribution in [0.4, 0.5) is 14.5 Å². The van der Waals surface area contributed by atoms with Crippen molar-refractivity contribution >= 4 is 39.9 Å². The summed E-state index contributed by atoms with van der Waals surface area (Å²) >= 11 is 0. The van der Waals surface area contributed by atoms with Crippen molar-refractivity contribution in [2.24, 2.45) is 0 Å². The average molecular weight is 411 g/mol. The fourth-order valence-electron chi connectivity index (χ4n) is 3.69. The molecule has 1 amide bonds. The molecule has 152 valence electrons. The maximum atomic E-state index is 14.3. The highest BCUT2D eigenvalue weighted by atomic mass is 19.1. The molecule has 0 radical (unpaired) electrons. The number of anilines is 1. The van der Waals surface area contributed by atoms with Gasteiger partial charge in [-0.05, 0) is 23.8 Å². The number of aliphatic carboxylic acids is 1. The standard InChI is InChI=1S/C21H15F2N3O4/c22-13-2-1-3-14(23)12(13)9-26-15-5-4-11(6-18(29)30)21(25-10-27)20(15)19-16(26)7-24-8-17(19)28/h1-5,7-8,10,28H,6,9H2,(H,25,27)(H,29,30). The van der Waals surface area contributed by atoms with Gasteiger partial charge in [-0.3, -0.25) is 14.6 Å². The highest BCUT2D eigenvalue weighted by molar-refractivity contribution is 6.18. The third-order valence-corrected chi connectivity index (χ3v) is 4.93. The van der Waals surface area contributed by atoms with E-state index in [1.807, 2.05) is 0 Å². The van der Waals surface area contributed by atoms with E-state index in [-0.39, 0.29) is 35.4 Å². The summed E-state index contributed by atoms with van der Waals surface area (Å²) < 4.78 is 30.1. The van der Waals surface area contributed by atoms with E-state index in [1.165, 1.54) is 24.5 Å². The van der Waals surface area contributed by atoms with Gasteiger partial charge in [0, 0.05) is 10.9 Å². The second-order valence-electron chi connectivity index (χ2n) is 6.67. The number of nitrogens with one attached hydrogen (secondary N) is 1. The summed E-state index contributed by atoms with van der Waals surface area (Å²) in [6.45, 7) is -0.206. The third-order valence-electron chi connectivity index (χ3n) is 4.93. The number of halogens is 2. The van der Waals surface area contributed by atoms with Gasteiger partial charge in [-0.2, -0.15) is 0 Å². The van der Waals surface area contributed by atoms with Gasteiger partial charge < -0.3 is 20.1 Å². The lowest BCUT2D eigenvalue weighted by Gasteiger charge is -2.12. The first-order chi connectivity index (χ1) is 14.4. The SMILES string of the molecule is O=CNc1c(CC(=O)O)ccc2c1c1c(O)cncc1n2Cc1c(F)cccc1F. The predicted octanol–water partition coefficient (Wildman–Crippen LogP) is 3.42. The first-order valence-corrected chi connectivity index (χ1v) is 8.88. The zero-order valence-electron chi connectivity index (χ0n) is 15.4. The second-order valence-corrected chi connectivity index (χ2v) is 6.67. The van der Waals surface area contributed by atoms with Crippen LogP contribution in [-0.2, 0) is 22.6 Å². The molecular formula is C21H15F2N3O4. The molecule has 0 spiro atoms. The minimum atomic E-state index is -1.11. The van der Waals surface area contributed by atoms with Crippen LogP contribution >= 0.6 is 0 Å². The van der Waals surface area contributed by atoms with Crippen LogP contribution in [-0.4, -0.2) is 32.1 Å². The summed E-state index contributed by atoms with van der Waals surface area (Å²) in [4.78, 5) is 26.4. The summed E-state index contributed by atoms with van der Waals surface area (Å²) in [5.41, 5.74) is 1.14. The molecule has 4 aromatic rings. The normalized spacial score (nSPS) is 11.1. The highest BCUT2D eigenvalue weighted by Crippen LogP contribution is 2.40. The van der Waals surface area contributed by atoms with Crippen molar-refractivity contribution in [3.63, 3.8) is 0 Å². The first kappa shape index (κ1) is 19.3. The molecule has 0 saturated carbocycles. The number of hydrogen-bond acceptors (Lipinski definition) is 4. The summed E-state index contributed by atoms with van der Waals surface area (Å²) in [6, 6.07) is 6.65. The fourth-order valence-corrected chi connectivity index (χ4v) is 3.69. The minimum Gasteiger partial charge on any atom is -0.506 e. The Morgan fingerprint density at radius 2 is 1.83 bits per heavy atom. The maximum absolute atomic E-state index is 14.3. The van der Waals surface area contributed by atoms with Crippen LogP contribution in [0.1, 0.15) is 11.1 Å². The number of benzene rings is 2. The number of aromatic nitrogens is 2. The number of carboxylic acids is 1. The van der Waals surface area contributed by atoms with Crippen LogP contribution in [0, 0.1) is 11.6 Å². The summed E-state index contributed by atoms with van der Waals surface area (Å²) in [6.07, 6.45) is 2.66. The summed E-state index contributed by atoms with van der Waals surface area (Å²) in [7, 11) is 0. The Hall–Kier alpha value is -4.01. The average Bonchev–Trinajstić information content (AvgIpc) is 3.01. The van der Waals surface area contributed by atoms with Gasteiger partial charge in [0.1, 0.15) is 17.4 Å². The van der Waals surface area contributed by atoms with Crippen LogP contribution in [0.25, 0.3) is 21.8 Å². The van der Waals surface area contributed by atoms with E-state index in [1.54, 1.807) is 10.6 Å². The van der Waals surface area contributed by atoms with Crippen molar-refractivity contribution in [1.82, 2.24) is 9.55 Å². The topological polar surface area (TPSA) is 104 Å². The monoisotopic (exact) mass is 411 g/mol. The number of hydrogen-bond donors (Lipinski definition) is 3. The molecule has 2 aromatic heterocycles. The second kappa shape index (κ2) is 7.43. The number of pyridine rings is 1. The van der Waals surface area contributed by atoms with Gasteiger partial charge in [-0.15, -0.1) is 0 Å². The molecule has 3 N–H and O–H groups in total. The molecule has 7 nitrogen and oxygen atoms in total. The van der Waals surface area contributed by atoms with Gasteiger partial charge in [0.05, 0.1) is 47.5 Å². The number of carbonyl (C=O) groups is 2. The van der Waals surface area contributed by atoms with Gasteiger partial charge in [0.2, 0.25) is 6.41 Å². The van der Waals surface area contributed by atoms with Crippen molar-refractivity contribution in [3.8, 4) is 5.75 Å². The zero-order valence-corrected chi connectivity index (χ0v) is 15.4. The van der Waals surface area contributed by atoms with E-state index in [0.29, 0.717) is 28.4 Å². The van der Waals surface area contributed by atoms with E-state index in [4.69, 9.17) is 0 Å². The van der Waals surface area contributed by atoms with E-state index >= 15 is 0 Å². The molecule has 0 unspecified atom stereocenters. The van der Waals surface area contributed by atoms with Crippen LogP contribution in [0.3, 0.4) is 0 Å². The van der Waals surface area contributed by atoms with Crippen LogP contribution < -0.4 is 5.32 Å². The predicted molar refractivity (Wildman–Crippen MR) is 105 cm³/mol. The Morgan fingerprint density at radius 3 is 2.50 bits per heavy atom. The van der Waals surface area contributed by atoms with Gasteiger partial charge >= 0.3 is 5.97 Å². The third kappa shape index (κ3) is 3.10. The smallest absolute Gasteiger partial charge is 0.307 e. The summed E-state index contributed by atoms with van der Waals surface area (Å²) in [5, 5.41) is 22.8. The Bertz CT molecular complexity index is 1300. The lowest BCUT2D eigenvalue weighted by Crippen LogP contribution is -2.07. The molecule has 4 rings (SSSR count). The molecule has 0 saturated heterocycles. The zero-order chi connectivity index (χ0) is 21.4. The van der Waals surface area contributed by atoms with Gasteiger partial charge in [0.25, 0.3) is 0 Å². The van der Waals surface area contributed by atoms with E-state index in [0.717, 1.165) is 12.1 Å². The van der Waals surface area contributed by atoms with Crippen LogP contribution in [0.2, 0.25) is 0 Å². The number of aromatic hydroxyl groups is 1. The highest BCUT2D eigenvalue weighted by Gasteiger charge is 2.22. The first-order valence-electron chi connectivity index (χ1n) is 8.88. The fraction of sp³-hybridized carbons (Fsp3) is 0.0952. The molecule has 0 fully saturated rings. The molecule has 0 aliphatic heterocycles. The molecule has 2 heterocycles. The lowest BCUT2D eigenvalue weighted by atomic mass is 10.0. The van der Waals surface area contributed by atoms with Gasteiger partial charge in [0.15, 0.2) is 0 Å². The van der Waals surface area contributed by atoms with Crippen molar-refractivity contribution in [1.29, 1.82) is 0 Å². The molecule has 2 aromatic carbocycles. The Kier molecular flexibility index (Phi) is 4.78. The van der Waals surface area contributed by atoms with Crippen molar-refractivity contribution < 1.29 is 28.6 Å². The van der Waals surface area contributed by atoms with Gasteiger partial charge in [-0.1, -0.05) is 12.1 Å². The van der Waals surface area contributed by atoms with E-state index in [2.05, 4.69) is 10.3 Å². The number of fused-ring (bicyclic) bond motifs is 3. The Morgan fingerprint density at radius 1 is 1.10 bits per heavy atom. The Labute approximate surface area is 168 Å². The largest absolute Gasteiger partial charge is 0.506 e. The number of amides is 1. The van der Waals surface area contributed by atoms with E-state index in [9.17, 15) is 28.6 Å². The number of carboxylic acid groups (broad SMARTS) is 1. The molecule has 0 aliphatic rings. The number of rotatable bonds is 6. The minimum absolute atomic E-state index is 0.181. The van der Waals surface area contributed by atoms with Crippen LogP contribution in [0.5, 0.6) is 5.75 Å².